The Morgan fingerprint density at radius 2 is 1.84 bits per heavy atom. The number of carboxylic acid groups (broad SMARTS) is 1. The SMILES string of the molecule is CNc1cc(N2CCc3c(-c4cnc(CN5CC6(CCNCC6)C5)cn4)cccc32)nn2c(C(=O)N[C@@H]3C[C@@H]3F)cnc12.O=C(O)C(F)(F)F. The first-order chi connectivity index (χ1) is 23.9. The van der Waals surface area contributed by atoms with Crippen LogP contribution in [0.1, 0.15) is 41.0 Å². The molecule has 3 aromatic heterocycles. The fourth-order valence-corrected chi connectivity index (χ4v) is 6.99. The number of fused-ring (bicyclic) bond motifs is 2. The van der Waals surface area contributed by atoms with E-state index in [1.54, 1.807) is 4.52 Å². The number of nitrogens with zero attached hydrogens (tertiary/aromatic N) is 7. The first-order valence-corrected chi connectivity index (χ1v) is 16.4. The van der Waals surface area contributed by atoms with Crippen molar-refractivity contribution in [1.82, 2.24) is 40.1 Å². The second-order valence-corrected chi connectivity index (χ2v) is 13.2. The molecule has 1 saturated carbocycles. The molecule has 0 unspecified atom stereocenters. The van der Waals surface area contributed by atoms with E-state index >= 15 is 0 Å². The van der Waals surface area contributed by atoms with Crippen molar-refractivity contribution < 1.29 is 32.3 Å². The Morgan fingerprint density at radius 3 is 2.48 bits per heavy atom. The van der Waals surface area contributed by atoms with Crippen LogP contribution in [0.4, 0.5) is 34.8 Å². The fourth-order valence-electron chi connectivity index (χ4n) is 6.99. The molecule has 2 atom stereocenters. The van der Waals surface area contributed by atoms with Gasteiger partial charge in [-0.25, -0.2) is 18.7 Å². The van der Waals surface area contributed by atoms with Gasteiger partial charge in [-0.3, -0.25) is 19.7 Å². The van der Waals surface area contributed by atoms with Crippen LogP contribution in [-0.4, -0.2) is 105 Å². The number of benzene rings is 1. The Hall–Kier alpha value is -4.90. The summed E-state index contributed by atoms with van der Waals surface area (Å²) in [5.41, 5.74) is 7.25. The van der Waals surface area contributed by atoms with Gasteiger partial charge in [-0.1, -0.05) is 12.1 Å². The summed E-state index contributed by atoms with van der Waals surface area (Å²) in [6, 6.07) is 7.74. The summed E-state index contributed by atoms with van der Waals surface area (Å²) in [6.07, 6.45) is 2.95. The summed E-state index contributed by atoms with van der Waals surface area (Å²) in [7, 11) is 1.82. The van der Waals surface area contributed by atoms with E-state index in [1.165, 1.54) is 24.6 Å². The Morgan fingerprint density at radius 1 is 1.10 bits per heavy atom. The minimum absolute atomic E-state index is 0.278. The lowest BCUT2D eigenvalue weighted by atomic mass is 9.72. The highest BCUT2D eigenvalue weighted by Crippen LogP contribution is 2.41. The minimum Gasteiger partial charge on any atom is -0.475 e. The smallest absolute Gasteiger partial charge is 0.475 e. The molecule has 4 aromatic rings. The van der Waals surface area contributed by atoms with E-state index in [-0.39, 0.29) is 11.6 Å². The molecule has 0 radical (unpaired) electrons. The molecule has 2 saturated heterocycles. The van der Waals surface area contributed by atoms with Crippen LogP contribution in [0.25, 0.3) is 16.9 Å². The molecule has 8 rings (SSSR count). The van der Waals surface area contributed by atoms with Crippen LogP contribution in [0.2, 0.25) is 0 Å². The number of aromatic nitrogens is 5. The summed E-state index contributed by atoms with van der Waals surface area (Å²) < 4.78 is 46.7. The number of anilines is 3. The Bertz CT molecular complexity index is 1900. The van der Waals surface area contributed by atoms with Crippen molar-refractivity contribution in [3.8, 4) is 11.3 Å². The third-order valence-electron chi connectivity index (χ3n) is 9.68. The molecule has 264 valence electrons. The number of halogens is 4. The zero-order valence-corrected chi connectivity index (χ0v) is 27.2. The molecule has 1 aromatic carbocycles. The number of hydrogen-bond donors (Lipinski definition) is 4. The van der Waals surface area contributed by atoms with Crippen LogP contribution in [-0.2, 0) is 17.8 Å². The van der Waals surface area contributed by atoms with Crippen molar-refractivity contribution in [3.63, 3.8) is 0 Å². The van der Waals surface area contributed by atoms with E-state index < -0.39 is 24.4 Å². The molecule has 3 aliphatic heterocycles. The predicted molar refractivity (Wildman–Crippen MR) is 175 cm³/mol. The molecule has 6 heterocycles. The molecule has 17 heteroatoms. The number of carbonyl (C=O) groups is 2. The van der Waals surface area contributed by atoms with Crippen molar-refractivity contribution >= 4 is 34.7 Å². The van der Waals surface area contributed by atoms with Crippen LogP contribution < -0.4 is 20.9 Å². The molecule has 13 nitrogen and oxygen atoms in total. The number of amides is 1. The minimum atomic E-state index is -5.08. The molecule has 1 aliphatic carbocycles. The van der Waals surface area contributed by atoms with Crippen molar-refractivity contribution in [1.29, 1.82) is 0 Å². The number of rotatable bonds is 7. The lowest BCUT2D eigenvalue weighted by molar-refractivity contribution is -0.192. The van der Waals surface area contributed by atoms with Crippen molar-refractivity contribution in [3.05, 3.63) is 59.8 Å². The zero-order chi connectivity index (χ0) is 35.2. The molecular formula is C33H36F4N10O3. The number of aliphatic carboxylic acids is 1. The average molecular weight is 697 g/mol. The third kappa shape index (κ3) is 6.66. The van der Waals surface area contributed by atoms with Gasteiger partial charge in [-0.15, -0.1) is 5.10 Å². The molecule has 4 aliphatic rings. The summed E-state index contributed by atoms with van der Waals surface area (Å²) in [4.78, 5) is 40.5. The summed E-state index contributed by atoms with van der Waals surface area (Å²) in [6.45, 7) is 6.14. The Kier molecular flexibility index (Phi) is 8.80. The van der Waals surface area contributed by atoms with E-state index in [0.717, 1.165) is 74.0 Å². The summed E-state index contributed by atoms with van der Waals surface area (Å²) >= 11 is 0. The maximum Gasteiger partial charge on any atom is 0.490 e. The lowest BCUT2D eigenvalue weighted by Crippen LogP contribution is -2.59. The molecule has 4 N–H and O–H groups in total. The van der Waals surface area contributed by atoms with Crippen LogP contribution >= 0.6 is 0 Å². The van der Waals surface area contributed by atoms with Crippen LogP contribution in [0.15, 0.2) is 42.9 Å². The number of nitrogens with one attached hydrogen (secondary N) is 3. The predicted octanol–water partition coefficient (Wildman–Crippen LogP) is 3.58. The van der Waals surface area contributed by atoms with Gasteiger partial charge in [0.2, 0.25) is 0 Å². The number of imidazole rings is 1. The lowest BCUT2D eigenvalue weighted by Gasteiger charge is -2.52. The molecule has 0 bridgehead atoms. The van der Waals surface area contributed by atoms with Crippen LogP contribution in [0, 0.1) is 5.41 Å². The van der Waals surface area contributed by atoms with Gasteiger partial charge < -0.3 is 26.0 Å². The molecule has 50 heavy (non-hydrogen) atoms. The first-order valence-electron chi connectivity index (χ1n) is 16.4. The number of carbonyl (C=O) groups excluding carboxylic acids is 1. The van der Waals surface area contributed by atoms with Gasteiger partial charge in [0.15, 0.2) is 17.2 Å². The second kappa shape index (κ2) is 13.1. The standard InChI is InChI=1S/C31H35FN10O.C2HF3O2/c1-33-24-12-28(39-42-27(15-37-29(24)42)30(43)38-23-11-22(23)32)41-10-5-21-20(3-2-4-26(21)41)25-14-35-19(13-36-25)16-40-17-31(18-40)6-8-34-9-7-31;3-2(4,5)1(6)7/h2-4,12-15,22-23,33-34H,5-11,16-18H2,1H3,(H,38,43);(H,6,7)/t22-,23+;/m0./s1. The number of piperidine rings is 1. The van der Waals surface area contributed by atoms with Gasteiger partial charge in [0.05, 0.1) is 41.7 Å². The number of likely N-dealkylation sites (tertiary alicyclic amines) is 1. The number of carboxylic acids is 1. The van der Waals surface area contributed by atoms with Gasteiger partial charge in [-0.2, -0.15) is 13.2 Å². The van der Waals surface area contributed by atoms with Gasteiger partial charge in [0.1, 0.15) is 6.17 Å². The third-order valence-corrected chi connectivity index (χ3v) is 9.68. The largest absolute Gasteiger partial charge is 0.490 e. The molecule has 1 amide bonds. The fraction of sp³-hybridized carbons (Fsp3) is 0.455. The first kappa shape index (κ1) is 33.6. The maximum absolute atomic E-state index is 13.4. The zero-order valence-electron chi connectivity index (χ0n) is 27.2. The number of alkyl halides is 4. The van der Waals surface area contributed by atoms with Gasteiger partial charge in [0.25, 0.3) is 5.91 Å². The van der Waals surface area contributed by atoms with Gasteiger partial charge >= 0.3 is 12.1 Å². The van der Waals surface area contributed by atoms with Gasteiger partial charge in [-0.05, 0) is 49.4 Å². The normalized spacial score (nSPS) is 20.9. The summed E-state index contributed by atoms with van der Waals surface area (Å²) in [5.74, 6) is -2.44. The highest BCUT2D eigenvalue weighted by molar-refractivity contribution is 5.94. The highest BCUT2D eigenvalue weighted by atomic mass is 19.4. The van der Waals surface area contributed by atoms with E-state index in [0.29, 0.717) is 23.3 Å². The van der Waals surface area contributed by atoms with Crippen LogP contribution in [0.3, 0.4) is 0 Å². The highest BCUT2D eigenvalue weighted by Gasteiger charge is 2.43. The average Bonchev–Trinajstić information content (AvgIpc) is 3.43. The van der Waals surface area contributed by atoms with E-state index in [1.807, 2.05) is 31.6 Å². The topological polar surface area (TPSA) is 153 Å². The summed E-state index contributed by atoms with van der Waals surface area (Å²) in [5, 5.41) is 21.3. The molecule has 1 spiro atoms. The van der Waals surface area contributed by atoms with E-state index in [2.05, 4.69) is 42.9 Å². The Labute approximate surface area is 284 Å². The van der Waals surface area contributed by atoms with Crippen molar-refractivity contribution in [2.45, 2.75) is 50.6 Å². The maximum atomic E-state index is 13.4. The van der Waals surface area contributed by atoms with Crippen LogP contribution in [0.5, 0.6) is 0 Å². The van der Waals surface area contributed by atoms with Crippen molar-refractivity contribution in [2.75, 3.05) is 50.0 Å². The Balaban J connectivity index is 0.000000510. The molecular weight excluding hydrogens is 660 g/mol. The number of hydrogen-bond acceptors (Lipinski definition) is 10. The monoisotopic (exact) mass is 696 g/mol. The quantitative estimate of drug-likeness (QED) is 0.210. The van der Waals surface area contributed by atoms with E-state index in [4.69, 9.17) is 25.0 Å². The van der Waals surface area contributed by atoms with Gasteiger partial charge in [0, 0.05) is 57.0 Å². The molecule has 3 fully saturated rings. The van der Waals surface area contributed by atoms with Crippen molar-refractivity contribution in [2.24, 2.45) is 5.41 Å². The second-order valence-electron chi connectivity index (χ2n) is 13.2. The van der Waals surface area contributed by atoms with E-state index in [9.17, 15) is 22.4 Å².